The highest BCUT2D eigenvalue weighted by Gasteiger charge is 2.29. The molecule has 21 heavy (non-hydrogen) atoms. The van der Waals surface area contributed by atoms with Gasteiger partial charge in [0.2, 0.25) is 11.8 Å². The molecule has 2 heterocycles. The summed E-state index contributed by atoms with van der Waals surface area (Å²) in [4.78, 5) is 35.5. The van der Waals surface area contributed by atoms with Crippen LogP contribution in [-0.2, 0) is 16.0 Å². The first-order valence-electron chi connectivity index (χ1n) is 7.27. The van der Waals surface area contributed by atoms with Gasteiger partial charge in [0.1, 0.15) is 0 Å². The number of nitrogens with zero attached hydrogens (tertiary/aromatic N) is 4. The third-order valence-electron chi connectivity index (χ3n) is 3.80. The van der Waals surface area contributed by atoms with E-state index in [1.165, 1.54) is 0 Å². The fourth-order valence-corrected chi connectivity index (χ4v) is 2.61. The number of likely N-dealkylation sites (tertiary alicyclic amines) is 1. The van der Waals surface area contributed by atoms with E-state index in [-0.39, 0.29) is 17.9 Å². The molecule has 1 aliphatic heterocycles. The fraction of sp³-hybridized carbons (Fsp3) is 0.600. The van der Waals surface area contributed by atoms with Crippen molar-refractivity contribution in [3.8, 4) is 0 Å². The van der Waals surface area contributed by atoms with Crippen molar-refractivity contribution in [2.24, 2.45) is 0 Å². The summed E-state index contributed by atoms with van der Waals surface area (Å²) in [6.07, 6.45) is 6.34. The van der Waals surface area contributed by atoms with Crippen molar-refractivity contribution in [3.05, 3.63) is 23.8 Å². The molecular weight excluding hydrogens is 268 g/mol. The molecule has 0 aromatic carbocycles. The Labute approximate surface area is 125 Å². The third kappa shape index (κ3) is 3.77. The average Bonchev–Trinajstić information content (AvgIpc) is 2.94. The van der Waals surface area contributed by atoms with Gasteiger partial charge in [-0.1, -0.05) is 0 Å². The van der Waals surface area contributed by atoms with Gasteiger partial charge >= 0.3 is 0 Å². The lowest BCUT2D eigenvalue weighted by atomic mass is 10.1. The van der Waals surface area contributed by atoms with E-state index < -0.39 is 0 Å². The van der Waals surface area contributed by atoms with E-state index in [2.05, 4.69) is 9.97 Å². The number of hydrogen-bond acceptors (Lipinski definition) is 4. The third-order valence-corrected chi connectivity index (χ3v) is 3.80. The molecule has 1 fully saturated rings. The molecule has 0 spiro atoms. The quantitative estimate of drug-likeness (QED) is 0.835. The molecule has 6 nitrogen and oxygen atoms in total. The minimum absolute atomic E-state index is 0.0273. The molecule has 1 aliphatic rings. The first kappa shape index (κ1) is 15.4. The number of aryl methyl sites for hydroxylation is 1. The number of rotatable bonds is 4. The molecule has 2 rings (SSSR count). The zero-order valence-electron chi connectivity index (χ0n) is 12.9. The molecule has 0 radical (unpaired) electrons. The van der Waals surface area contributed by atoms with Crippen LogP contribution in [0.5, 0.6) is 0 Å². The topological polar surface area (TPSA) is 66.4 Å². The highest BCUT2D eigenvalue weighted by atomic mass is 16.2. The van der Waals surface area contributed by atoms with Crippen LogP contribution in [0.4, 0.5) is 0 Å². The van der Waals surface area contributed by atoms with Crippen molar-refractivity contribution in [1.82, 2.24) is 19.8 Å². The second kappa shape index (κ2) is 6.65. The highest BCUT2D eigenvalue weighted by molar-refractivity contribution is 5.75. The van der Waals surface area contributed by atoms with Crippen molar-refractivity contribution >= 4 is 11.8 Å². The lowest BCUT2D eigenvalue weighted by molar-refractivity contribution is -0.130. The van der Waals surface area contributed by atoms with Crippen LogP contribution in [0.1, 0.15) is 43.6 Å². The standard InChI is InChI=1S/C15H22N4O2/c1-11(20)19-8-4-5-14(19)13-10-16-9-12(17-13)6-7-15(21)18(2)3/h9-10,14H,4-8H2,1-3H3/t14-/m0/s1. The molecule has 0 saturated carbocycles. The summed E-state index contributed by atoms with van der Waals surface area (Å²) in [5.74, 6) is 0.154. The summed E-state index contributed by atoms with van der Waals surface area (Å²) in [5, 5.41) is 0. The molecule has 0 bridgehead atoms. The van der Waals surface area contributed by atoms with Crippen LogP contribution in [0.2, 0.25) is 0 Å². The van der Waals surface area contributed by atoms with Crippen LogP contribution < -0.4 is 0 Å². The lowest BCUT2D eigenvalue weighted by Crippen LogP contribution is -2.28. The summed E-state index contributed by atoms with van der Waals surface area (Å²) in [7, 11) is 3.49. The Hall–Kier alpha value is -1.98. The van der Waals surface area contributed by atoms with Crippen LogP contribution in [0.3, 0.4) is 0 Å². The molecule has 0 N–H and O–H groups in total. The summed E-state index contributed by atoms with van der Waals surface area (Å²) >= 11 is 0. The number of carbonyl (C=O) groups excluding carboxylic acids is 2. The Morgan fingerprint density at radius 2 is 2.14 bits per heavy atom. The summed E-state index contributed by atoms with van der Waals surface area (Å²) in [6, 6.07) is 0.0273. The normalized spacial score (nSPS) is 17.9. The van der Waals surface area contributed by atoms with Crippen molar-refractivity contribution < 1.29 is 9.59 Å². The van der Waals surface area contributed by atoms with E-state index in [0.717, 1.165) is 30.8 Å². The van der Waals surface area contributed by atoms with Crippen molar-refractivity contribution in [1.29, 1.82) is 0 Å². The predicted octanol–water partition coefficient (Wildman–Crippen LogP) is 1.18. The number of hydrogen-bond donors (Lipinski definition) is 0. The van der Waals surface area contributed by atoms with Crippen molar-refractivity contribution in [3.63, 3.8) is 0 Å². The molecule has 114 valence electrons. The largest absolute Gasteiger partial charge is 0.349 e. The van der Waals surface area contributed by atoms with Gasteiger partial charge in [-0.25, -0.2) is 0 Å². The lowest BCUT2D eigenvalue weighted by Gasteiger charge is -2.22. The van der Waals surface area contributed by atoms with Gasteiger partial charge in [0, 0.05) is 40.2 Å². The van der Waals surface area contributed by atoms with Gasteiger partial charge in [0.05, 0.1) is 23.6 Å². The van der Waals surface area contributed by atoms with Crippen LogP contribution in [0.15, 0.2) is 12.4 Å². The van der Waals surface area contributed by atoms with Gasteiger partial charge < -0.3 is 9.80 Å². The molecule has 1 aromatic rings. The molecule has 0 unspecified atom stereocenters. The van der Waals surface area contributed by atoms with Gasteiger partial charge in [-0.15, -0.1) is 0 Å². The van der Waals surface area contributed by atoms with Gasteiger partial charge in [-0.2, -0.15) is 0 Å². The maximum absolute atomic E-state index is 11.6. The second-order valence-electron chi connectivity index (χ2n) is 5.59. The summed E-state index contributed by atoms with van der Waals surface area (Å²) in [6.45, 7) is 2.37. The molecule has 1 aromatic heterocycles. The first-order chi connectivity index (χ1) is 9.99. The number of carbonyl (C=O) groups is 2. The summed E-state index contributed by atoms with van der Waals surface area (Å²) in [5.41, 5.74) is 1.63. The Kier molecular flexibility index (Phi) is 4.88. The minimum atomic E-state index is 0.0273. The van der Waals surface area contributed by atoms with Crippen LogP contribution in [-0.4, -0.2) is 52.2 Å². The average molecular weight is 290 g/mol. The van der Waals surface area contributed by atoms with E-state index in [1.807, 2.05) is 4.90 Å². The highest BCUT2D eigenvalue weighted by Crippen LogP contribution is 2.30. The molecule has 0 aliphatic carbocycles. The summed E-state index contributed by atoms with van der Waals surface area (Å²) < 4.78 is 0. The van der Waals surface area contributed by atoms with Gasteiger partial charge in [-0.3, -0.25) is 19.6 Å². The molecule has 1 atom stereocenters. The monoisotopic (exact) mass is 290 g/mol. The number of aromatic nitrogens is 2. The van der Waals surface area contributed by atoms with Crippen LogP contribution in [0, 0.1) is 0 Å². The molecule has 6 heteroatoms. The van der Waals surface area contributed by atoms with E-state index in [1.54, 1.807) is 38.3 Å². The molecule has 1 saturated heterocycles. The van der Waals surface area contributed by atoms with E-state index >= 15 is 0 Å². The van der Waals surface area contributed by atoms with Crippen LogP contribution >= 0.6 is 0 Å². The zero-order valence-corrected chi connectivity index (χ0v) is 12.9. The van der Waals surface area contributed by atoms with E-state index in [0.29, 0.717) is 12.8 Å². The SMILES string of the molecule is CC(=O)N1CCC[C@H]1c1cncc(CCC(=O)N(C)C)n1. The van der Waals surface area contributed by atoms with Gasteiger partial charge in [0.15, 0.2) is 0 Å². The zero-order chi connectivity index (χ0) is 15.4. The van der Waals surface area contributed by atoms with E-state index in [4.69, 9.17) is 0 Å². The van der Waals surface area contributed by atoms with Gasteiger partial charge in [0.25, 0.3) is 0 Å². The number of amides is 2. The van der Waals surface area contributed by atoms with Crippen molar-refractivity contribution in [2.75, 3.05) is 20.6 Å². The minimum Gasteiger partial charge on any atom is -0.349 e. The Balaban J connectivity index is 2.07. The van der Waals surface area contributed by atoms with E-state index in [9.17, 15) is 9.59 Å². The molecular formula is C15H22N4O2. The smallest absolute Gasteiger partial charge is 0.222 e. The molecule has 2 amide bonds. The van der Waals surface area contributed by atoms with Crippen molar-refractivity contribution in [2.45, 2.75) is 38.6 Å². The second-order valence-corrected chi connectivity index (χ2v) is 5.59. The predicted molar refractivity (Wildman–Crippen MR) is 78.4 cm³/mol. The maximum atomic E-state index is 11.6. The Morgan fingerprint density at radius 3 is 2.81 bits per heavy atom. The van der Waals surface area contributed by atoms with Crippen LogP contribution in [0.25, 0.3) is 0 Å². The van der Waals surface area contributed by atoms with Gasteiger partial charge in [-0.05, 0) is 19.3 Å². The Morgan fingerprint density at radius 1 is 1.38 bits per heavy atom. The fourth-order valence-electron chi connectivity index (χ4n) is 2.61. The maximum Gasteiger partial charge on any atom is 0.222 e. The first-order valence-corrected chi connectivity index (χ1v) is 7.27. The Bertz CT molecular complexity index is 530.